The number of carboxylic acid groups (broad SMARTS) is 1. The molecule has 0 aromatic carbocycles. The van der Waals surface area contributed by atoms with Crippen LogP contribution < -0.4 is 27.4 Å². The largest absolute Gasteiger partial charge is 0.480 e. The van der Waals surface area contributed by atoms with Crippen molar-refractivity contribution in [3.63, 3.8) is 0 Å². The maximum absolute atomic E-state index is 12.1. The monoisotopic (exact) mass is 375 g/mol. The summed E-state index contributed by atoms with van der Waals surface area (Å²) in [5.41, 5.74) is 10.5. The van der Waals surface area contributed by atoms with Crippen molar-refractivity contribution in [2.75, 3.05) is 0 Å². The average molecular weight is 375 g/mol. The van der Waals surface area contributed by atoms with Crippen LogP contribution in [0.2, 0.25) is 0 Å². The molecule has 148 valence electrons. The molecule has 0 fully saturated rings. The zero-order chi connectivity index (χ0) is 20.6. The summed E-state index contributed by atoms with van der Waals surface area (Å²) in [6, 6.07) is -5.08. The standard InChI is InChI=1S/C14H25N5O7/c1-5(17-13(24)10(16)7(3)20)11(22)19-8(4-9(15)21)12(23)18-6(2)14(25)26/h5-8,10,20H,4,16H2,1-3H3,(H2,15,21)(H,17,24)(H,18,23)(H,19,22)(H,25,26). The van der Waals surface area contributed by atoms with E-state index in [9.17, 15) is 29.1 Å². The van der Waals surface area contributed by atoms with Crippen molar-refractivity contribution >= 4 is 29.6 Å². The number of nitrogens with one attached hydrogen (secondary N) is 3. The third-order valence-corrected chi connectivity index (χ3v) is 3.34. The summed E-state index contributed by atoms with van der Waals surface area (Å²) < 4.78 is 0. The Morgan fingerprint density at radius 2 is 1.38 bits per heavy atom. The molecule has 26 heavy (non-hydrogen) atoms. The number of aliphatic hydroxyl groups excluding tert-OH is 1. The molecule has 0 aromatic rings. The number of amides is 4. The van der Waals surface area contributed by atoms with E-state index in [2.05, 4.69) is 16.0 Å². The number of carboxylic acids is 1. The summed E-state index contributed by atoms with van der Waals surface area (Å²) in [5.74, 6) is -4.76. The fraction of sp³-hybridized carbons (Fsp3) is 0.643. The molecule has 4 amide bonds. The lowest BCUT2D eigenvalue weighted by atomic mass is 10.1. The van der Waals surface area contributed by atoms with Gasteiger partial charge in [-0.15, -0.1) is 0 Å². The van der Waals surface area contributed by atoms with Crippen molar-refractivity contribution in [2.24, 2.45) is 11.5 Å². The number of hydrogen-bond acceptors (Lipinski definition) is 7. The van der Waals surface area contributed by atoms with Crippen molar-refractivity contribution in [3.8, 4) is 0 Å². The normalized spacial score (nSPS) is 16.3. The molecular formula is C14H25N5O7. The van der Waals surface area contributed by atoms with Crippen LogP contribution in [0.15, 0.2) is 0 Å². The minimum atomic E-state index is -1.42. The highest BCUT2D eigenvalue weighted by molar-refractivity contribution is 5.95. The van der Waals surface area contributed by atoms with Crippen molar-refractivity contribution in [3.05, 3.63) is 0 Å². The van der Waals surface area contributed by atoms with Crippen LogP contribution in [0.4, 0.5) is 0 Å². The molecule has 0 aliphatic carbocycles. The van der Waals surface area contributed by atoms with Gasteiger partial charge in [0.05, 0.1) is 12.5 Å². The van der Waals surface area contributed by atoms with E-state index in [1.54, 1.807) is 0 Å². The van der Waals surface area contributed by atoms with Crippen LogP contribution in [-0.2, 0) is 24.0 Å². The first-order valence-corrected chi connectivity index (χ1v) is 7.72. The van der Waals surface area contributed by atoms with Gasteiger partial charge in [-0.25, -0.2) is 0 Å². The molecular weight excluding hydrogens is 350 g/mol. The van der Waals surface area contributed by atoms with Crippen LogP contribution in [0.1, 0.15) is 27.2 Å². The van der Waals surface area contributed by atoms with E-state index < -0.39 is 66.3 Å². The van der Waals surface area contributed by atoms with Crippen LogP contribution >= 0.6 is 0 Å². The number of carbonyl (C=O) groups is 5. The van der Waals surface area contributed by atoms with E-state index >= 15 is 0 Å². The van der Waals surface area contributed by atoms with E-state index in [0.717, 1.165) is 0 Å². The number of primary amides is 1. The van der Waals surface area contributed by atoms with Crippen LogP contribution in [0.5, 0.6) is 0 Å². The lowest BCUT2D eigenvalue weighted by Crippen LogP contribution is -2.57. The predicted octanol–water partition coefficient (Wildman–Crippen LogP) is -3.85. The van der Waals surface area contributed by atoms with Gasteiger partial charge in [-0.2, -0.15) is 0 Å². The second-order valence-corrected chi connectivity index (χ2v) is 5.80. The highest BCUT2D eigenvalue weighted by Crippen LogP contribution is 1.97. The summed E-state index contributed by atoms with van der Waals surface area (Å²) in [7, 11) is 0. The van der Waals surface area contributed by atoms with Crippen molar-refractivity contribution in [2.45, 2.75) is 57.5 Å². The first-order valence-electron chi connectivity index (χ1n) is 7.72. The molecule has 0 aromatic heterocycles. The molecule has 12 heteroatoms. The quantitative estimate of drug-likeness (QED) is 0.200. The molecule has 0 saturated carbocycles. The van der Waals surface area contributed by atoms with Crippen molar-refractivity contribution in [1.82, 2.24) is 16.0 Å². The Bertz CT molecular complexity index is 566. The van der Waals surface area contributed by atoms with Gasteiger partial charge in [0, 0.05) is 0 Å². The van der Waals surface area contributed by atoms with Gasteiger partial charge in [0.25, 0.3) is 0 Å². The Kier molecular flexibility index (Phi) is 9.22. The van der Waals surface area contributed by atoms with Gasteiger partial charge in [-0.1, -0.05) is 0 Å². The summed E-state index contributed by atoms with van der Waals surface area (Å²) >= 11 is 0. The molecule has 0 heterocycles. The number of nitrogens with two attached hydrogens (primary N) is 2. The van der Waals surface area contributed by atoms with E-state index in [-0.39, 0.29) is 0 Å². The predicted molar refractivity (Wildman–Crippen MR) is 88.2 cm³/mol. The lowest BCUT2D eigenvalue weighted by molar-refractivity contribution is -0.142. The van der Waals surface area contributed by atoms with Gasteiger partial charge in [0.2, 0.25) is 23.6 Å². The van der Waals surface area contributed by atoms with Gasteiger partial charge >= 0.3 is 5.97 Å². The van der Waals surface area contributed by atoms with E-state index in [1.807, 2.05) is 0 Å². The summed E-state index contributed by atoms with van der Waals surface area (Å²) in [4.78, 5) is 57.7. The highest BCUT2D eigenvalue weighted by Gasteiger charge is 2.29. The highest BCUT2D eigenvalue weighted by atomic mass is 16.4. The first kappa shape index (κ1) is 23.3. The Balaban J connectivity index is 4.96. The Hall–Kier alpha value is -2.73. The van der Waals surface area contributed by atoms with Gasteiger partial charge < -0.3 is 37.6 Å². The minimum Gasteiger partial charge on any atom is -0.480 e. The van der Waals surface area contributed by atoms with Crippen LogP contribution in [0.25, 0.3) is 0 Å². The maximum Gasteiger partial charge on any atom is 0.325 e. The van der Waals surface area contributed by atoms with E-state index in [0.29, 0.717) is 0 Å². The average Bonchev–Trinajstić information content (AvgIpc) is 2.52. The minimum absolute atomic E-state index is 0.572. The Morgan fingerprint density at radius 1 is 0.885 bits per heavy atom. The number of carbonyl (C=O) groups excluding carboxylic acids is 4. The first-order chi connectivity index (χ1) is 11.9. The maximum atomic E-state index is 12.1. The zero-order valence-electron chi connectivity index (χ0n) is 14.7. The van der Waals surface area contributed by atoms with Gasteiger partial charge in [0.1, 0.15) is 24.2 Å². The number of aliphatic hydroxyl groups is 1. The molecule has 0 aliphatic rings. The topological polar surface area (TPSA) is 214 Å². The van der Waals surface area contributed by atoms with Crippen LogP contribution in [0.3, 0.4) is 0 Å². The number of aliphatic carboxylic acids is 1. The molecule has 12 nitrogen and oxygen atoms in total. The molecule has 0 bridgehead atoms. The van der Waals surface area contributed by atoms with E-state index in [1.165, 1.54) is 20.8 Å². The van der Waals surface area contributed by atoms with Gasteiger partial charge in [0.15, 0.2) is 0 Å². The molecule has 9 N–H and O–H groups in total. The molecule has 5 unspecified atom stereocenters. The number of hydrogen-bond donors (Lipinski definition) is 7. The smallest absolute Gasteiger partial charge is 0.325 e. The number of rotatable bonds is 10. The third-order valence-electron chi connectivity index (χ3n) is 3.34. The Morgan fingerprint density at radius 3 is 1.81 bits per heavy atom. The van der Waals surface area contributed by atoms with Crippen LogP contribution in [-0.4, -0.2) is 70.1 Å². The molecule has 5 atom stereocenters. The summed E-state index contributed by atoms with van der Waals surface area (Å²) in [6.45, 7) is 3.79. The Labute approximate surface area is 149 Å². The van der Waals surface area contributed by atoms with Crippen molar-refractivity contribution < 1.29 is 34.2 Å². The van der Waals surface area contributed by atoms with Gasteiger partial charge in [-0.3, -0.25) is 24.0 Å². The fourth-order valence-electron chi connectivity index (χ4n) is 1.68. The second kappa shape index (κ2) is 10.3. The van der Waals surface area contributed by atoms with Gasteiger partial charge in [-0.05, 0) is 20.8 Å². The zero-order valence-corrected chi connectivity index (χ0v) is 14.7. The summed E-state index contributed by atoms with van der Waals surface area (Å²) in [6.07, 6.45) is -1.71. The fourth-order valence-corrected chi connectivity index (χ4v) is 1.68. The third kappa shape index (κ3) is 7.90. The summed E-state index contributed by atoms with van der Waals surface area (Å²) in [5, 5.41) is 24.6. The molecule has 0 saturated heterocycles. The molecule has 0 rings (SSSR count). The molecule has 0 radical (unpaired) electrons. The molecule has 0 aliphatic heterocycles. The van der Waals surface area contributed by atoms with Crippen LogP contribution in [0, 0.1) is 0 Å². The SMILES string of the molecule is CC(NC(=O)C(CC(N)=O)NC(=O)C(C)NC(=O)C(N)C(C)O)C(=O)O. The van der Waals surface area contributed by atoms with E-state index in [4.69, 9.17) is 16.6 Å². The van der Waals surface area contributed by atoms with Crippen molar-refractivity contribution in [1.29, 1.82) is 0 Å². The lowest BCUT2D eigenvalue weighted by Gasteiger charge is -2.22. The second-order valence-electron chi connectivity index (χ2n) is 5.80. The molecule has 0 spiro atoms.